The molecule has 0 aliphatic carbocycles. The summed E-state index contributed by atoms with van der Waals surface area (Å²) < 4.78 is 32.2. The Kier molecular flexibility index (Phi) is 10.6. The molecule has 0 spiro atoms. The van der Waals surface area contributed by atoms with Crippen LogP contribution in [0.5, 0.6) is 5.75 Å². The average Bonchev–Trinajstić information content (AvgIpc) is 2.81. The molecular formula is C25H34BrN3O5S. The zero-order valence-electron chi connectivity index (χ0n) is 20.8. The van der Waals surface area contributed by atoms with Gasteiger partial charge in [0.25, 0.3) is 0 Å². The van der Waals surface area contributed by atoms with Gasteiger partial charge < -0.3 is 15.0 Å². The van der Waals surface area contributed by atoms with Crippen LogP contribution in [-0.4, -0.2) is 57.1 Å². The van der Waals surface area contributed by atoms with Crippen LogP contribution in [0.3, 0.4) is 0 Å². The van der Waals surface area contributed by atoms with Gasteiger partial charge in [0, 0.05) is 17.1 Å². The number of amides is 2. The summed E-state index contributed by atoms with van der Waals surface area (Å²) in [6, 6.07) is 13.1. The summed E-state index contributed by atoms with van der Waals surface area (Å²) in [5, 5.41) is 2.95. The van der Waals surface area contributed by atoms with E-state index in [2.05, 4.69) is 21.2 Å². The minimum Gasteiger partial charge on any atom is -0.497 e. The van der Waals surface area contributed by atoms with Crippen LogP contribution in [-0.2, 0) is 26.2 Å². The normalized spacial score (nSPS) is 13.0. The third kappa shape index (κ3) is 8.24. The lowest BCUT2D eigenvalue weighted by Gasteiger charge is -2.33. The minimum absolute atomic E-state index is 0.0522. The molecule has 0 aromatic heterocycles. The summed E-state index contributed by atoms with van der Waals surface area (Å²) in [7, 11) is -2.20. The number of nitrogens with zero attached hydrogens (tertiary/aromatic N) is 2. The molecule has 2 atom stereocenters. The van der Waals surface area contributed by atoms with Gasteiger partial charge in [0.2, 0.25) is 21.8 Å². The van der Waals surface area contributed by atoms with Crippen molar-refractivity contribution in [3.63, 3.8) is 0 Å². The van der Waals surface area contributed by atoms with Gasteiger partial charge in [-0.05, 0) is 55.7 Å². The molecule has 0 heterocycles. The number of ether oxygens (including phenoxy) is 1. The second-order valence-electron chi connectivity index (χ2n) is 8.36. The van der Waals surface area contributed by atoms with Crippen LogP contribution in [0.2, 0.25) is 0 Å². The molecule has 0 saturated carbocycles. The van der Waals surface area contributed by atoms with E-state index in [4.69, 9.17) is 4.74 Å². The fourth-order valence-corrected chi connectivity index (χ4v) is 4.76. The SMILES string of the molecule is CC[C@H](C(=O)N[C@@H](C)CC)N(Cc1ccc(OC)cc1)C(=O)CN(c1cccc(Br)c1)S(C)(=O)=O. The first-order chi connectivity index (χ1) is 16.5. The van der Waals surface area contributed by atoms with Gasteiger partial charge >= 0.3 is 0 Å². The molecule has 1 N–H and O–H groups in total. The minimum atomic E-state index is -3.77. The molecule has 2 aromatic rings. The molecule has 0 fully saturated rings. The molecule has 2 amide bonds. The van der Waals surface area contributed by atoms with Crippen molar-refractivity contribution in [2.45, 2.75) is 52.2 Å². The van der Waals surface area contributed by atoms with Crippen LogP contribution in [0, 0.1) is 0 Å². The fraction of sp³-hybridized carbons (Fsp3) is 0.440. The summed E-state index contributed by atoms with van der Waals surface area (Å²) in [6.07, 6.45) is 2.18. The summed E-state index contributed by atoms with van der Waals surface area (Å²) >= 11 is 3.35. The van der Waals surface area contributed by atoms with E-state index in [1.54, 1.807) is 43.5 Å². The number of carbonyl (C=O) groups excluding carboxylic acids is 2. The number of hydrogen-bond donors (Lipinski definition) is 1. The van der Waals surface area contributed by atoms with Crippen molar-refractivity contribution in [3.05, 3.63) is 58.6 Å². The summed E-state index contributed by atoms with van der Waals surface area (Å²) in [5.74, 6) is -0.0690. The maximum Gasteiger partial charge on any atom is 0.244 e. The number of hydrogen-bond acceptors (Lipinski definition) is 5. The molecule has 0 unspecified atom stereocenters. The van der Waals surface area contributed by atoms with E-state index in [1.807, 2.05) is 32.9 Å². The van der Waals surface area contributed by atoms with Crippen molar-refractivity contribution in [1.82, 2.24) is 10.2 Å². The zero-order chi connectivity index (χ0) is 26.2. The van der Waals surface area contributed by atoms with E-state index in [0.717, 1.165) is 22.5 Å². The Morgan fingerprint density at radius 3 is 2.26 bits per heavy atom. The molecule has 2 aromatic carbocycles. The van der Waals surface area contributed by atoms with Crippen molar-refractivity contribution in [2.24, 2.45) is 0 Å². The van der Waals surface area contributed by atoms with Gasteiger partial charge in [0.05, 0.1) is 19.1 Å². The molecule has 0 aliphatic heterocycles. The Labute approximate surface area is 216 Å². The maximum atomic E-state index is 13.6. The van der Waals surface area contributed by atoms with Crippen LogP contribution < -0.4 is 14.4 Å². The smallest absolute Gasteiger partial charge is 0.244 e. The second kappa shape index (κ2) is 12.9. The molecule has 10 heteroatoms. The highest BCUT2D eigenvalue weighted by Gasteiger charge is 2.32. The second-order valence-corrected chi connectivity index (χ2v) is 11.2. The van der Waals surface area contributed by atoms with Crippen molar-refractivity contribution in [3.8, 4) is 5.75 Å². The number of sulfonamides is 1. The predicted molar refractivity (Wildman–Crippen MR) is 142 cm³/mol. The standard InChI is InChI=1S/C25H34BrN3O5S/c1-6-18(3)27-25(31)23(7-2)28(16-19-11-13-22(34-4)14-12-19)24(30)17-29(35(5,32)33)21-10-8-9-20(26)15-21/h8-15,18,23H,6-7,16-17H2,1-5H3,(H,27,31)/t18-,23+/m0/s1. The van der Waals surface area contributed by atoms with E-state index in [9.17, 15) is 18.0 Å². The molecule has 2 rings (SSSR count). The summed E-state index contributed by atoms with van der Waals surface area (Å²) in [5.41, 5.74) is 1.15. The van der Waals surface area contributed by atoms with Gasteiger partial charge in [0.1, 0.15) is 18.3 Å². The largest absolute Gasteiger partial charge is 0.497 e. The highest BCUT2D eigenvalue weighted by atomic mass is 79.9. The van der Waals surface area contributed by atoms with Crippen LogP contribution in [0.25, 0.3) is 0 Å². The molecule has 0 bridgehead atoms. The molecule has 0 radical (unpaired) electrons. The zero-order valence-corrected chi connectivity index (χ0v) is 23.2. The van der Waals surface area contributed by atoms with Crippen molar-refractivity contribution >= 4 is 43.5 Å². The van der Waals surface area contributed by atoms with Gasteiger partial charge in [-0.15, -0.1) is 0 Å². The molecule has 0 saturated heterocycles. The van der Waals surface area contributed by atoms with Gasteiger partial charge in [-0.1, -0.05) is 48.0 Å². The van der Waals surface area contributed by atoms with Crippen LogP contribution >= 0.6 is 15.9 Å². The number of carbonyl (C=O) groups is 2. The maximum absolute atomic E-state index is 13.6. The quantitative estimate of drug-likeness (QED) is 0.419. The topological polar surface area (TPSA) is 96.0 Å². The van der Waals surface area contributed by atoms with E-state index in [-0.39, 0.29) is 18.5 Å². The molecule has 35 heavy (non-hydrogen) atoms. The van der Waals surface area contributed by atoms with E-state index in [0.29, 0.717) is 22.3 Å². The number of methoxy groups -OCH3 is 1. The summed E-state index contributed by atoms with van der Waals surface area (Å²) in [6.45, 7) is 5.41. The van der Waals surface area contributed by atoms with Crippen LogP contribution in [0.15, 0.2) is 53.0 Å². The number of benzene rings is 2. The van der Waals surface area contributed by atoms with Gasteiger partial charge in [-0.2, -0.15) is 0 Å². The van der Waals surface area contributed by atoms with Gasteiger partial charge in [-0.3, -0.25) is 13.9 Å². The molecule has 0 aliphatic rings. The number of halogens is 1. The van der Waals surface area contributed by atoms with Gasteiger partial charge in [-0.25, -0.2) is 8.42 Å². The average molecular weight is 569 g/mol. The number of rotatable bonds is 12. The Morgan fingerprint density at radius 2 is 1.74 bits per heavy atom. The predicted octanol–water partition coefficient (Wildman–Crippen LogP) is 3.95. The van der Waals surface area contributed by atoms with Gasteiger partial charge in [0.15, 0.2) is 0 Å². The lowest BCUT2D eigenvalue weighted by Crippen LogP contribution is -2.53. The highest BCUT2D eigenvalue weighted by molar-refractivity contribution is 9.10. The van der Waals surface area contributed by atoms with Crippen LogP contribution in [0.4, 0.5) is 5.69 Å². The Morgan fingerprint density at radius 1 is 1.09 bits per heavy atom. The van der Waals surface area contributed by atoms with E-state index < -0.39 is 28.5 Å². The van der Waals surface area contributed by atoms with Crippen molar-refractivity contribution in [1.29, 1.82) is 0 Å². The van der Waals surface area contributed by atoms with E-state index in [1.165, 1.54) is 4.90 Å². The van der Waals surface area contributed by atoms with Crippen molar-refractivity contribution < 1.29 is 22.7 Å². The first-order valence-corrected chi connectivity index (χ1v) is 14.1. The molecular weight excluding hydrogens is 534 g/mol. The lowest BCUT2D eigenvalue weighted by atomic mass is 10.1. The Bertz CT molecular complexity index is 1110. The number of anilines is 1. The summed E-state index contributed by atoms with van der Waals surface area (Å²) in [4.78, 5) is 28.2. The number of nitrogens with one attached hydrogen (secondary N) is 1. The Hall–Kier alpha value is -2.59. The highest BCUT2D eigenvalue weighted by Crippen LogP contribution is 2.23. The third-order valence-electron chi connectivity index (χ3n) is 5.67. The van der Waals surface area contributed by atoms with Crippen molar-refractivity contribution in [2.75, 3.05) is 24.2 Å². The lowest BCUT2D eigenvalue weighted by molar-refractivity contribution is -0.140. The van der Waals surface area contributed by atoms with E-state index >= 15 is 0 Å². The Balaban J connectivity index is 2.43. The third-order valence-corrected chi connectivity index (χ3v) is 7.31. The first-order valence-electron chi connectivity index (χ1n) is 11.5. The van der Waals surface area contributed by atoms with Crippen LogP contribution in [0.1, 0.15) is 39.2 Å². The fourth-order valence-electron chi connectivity index (χ4n) is 3.53. The monoisotopic (exact) mass is 567 g/mol. The molecule has 8 nitrogen and oxygen atoms in total. The first kappa shape index (κ1) is 28.6. The molecule has 192 valence electrons.